The van der Waals surface area contributed by atoms with Crippen molar-refractivity contribution in [2.45, 2.75) is 31.6 Å². The number of hydrogen-bond acceptors (Lipinski definition) is 2. The molecule has 0 saturated heterocycles. The number of pyridine rings is 1. The Morgan fingerprint density at radius 1 is 1.08 bits per heavy atom. The summed E-state index contributed by atoms with van der Waals surface area (Å²) in [6.07, 6.45) is 6.58. The van der Waals surface area contributed by atoms with Gasteiger partial charge in [-0.2, -0.15) is 0 Å². The third-order valence-corrected chi connectivity index (χ3v) is 5.26. The Hall–Kier alpha value is -2.56. The molecule has 24 heavy (non-hydrogen) atoms. The lowest BCUT2D eigenvalue weighted by molar-refractivity contribution is 0.681. The predicted octanol–water partition coefficient (Wildman–Crippen LogP) is 3.01. The van der Waals surface area contributed by atoms with Gasteiger partial charge in [0.2, 0.25) is 0 Å². The molecule has 2 N–H and O–H groups in total. The highest BCUT2D eigenvalue weighted by Crippen LogP contribution is 2.36. The lowest BCUT2D eigenvalue weighted by atomic mass is 9.91. The number of aromatic nitrogens is 3. The summed E-state index contributed by atoms with van der Waals surface area (Å²) in [5.74, 6) is 1.55. The summed E-state index contributed by atoms with van der Waals surface area (Å²) >= 11 is 0. The Kier molecular flexibility index (Phi) is 2.87. The van der Waals surface area contributed by atoms with E-state index in [1.165, 1.54) is 25.7 Å². The number of hydrogen-bond donors (Lipinski definition) is 2. The fourth-order valence-corrected chi connectivity index (χ4v) is 4.10. The molecule has 4 aromatic rings. The van der Waals surface area contributed by atoms with Crippen LogP contribution in [0, 0.1) is 0 Å². The molecule has 0 amide bonds. The van der Waals surface area contributed by atoms with E-state index in [0.29, 0.717) is 16.8 Å². The standard InChI is InChI=1S/C19H16BN3O/c20-11-5-6-12-14(9-11)15-13(7-8-21-19(15)24)17-16(12)22-18(23-17)10-3-1-2-4-10/h5-10H,1-4H2,(H,21,24)(H,22,23). The maximum Gasteiger partial charge on any atom is 0.256 e. The molecule has 2 aromatic heterocycles. The van der Waals surface area contributed by atoms with E-state index < -0.39 is 0 Å². The van der Waals surface area contributed by atoms with E-state index in [4.69, 9.17) is 12.8 Å². The van der Waals surface area contributed by atoms with Crippen molar-refractivity contribution in [2.24, 2.45) is 0 Å². The van der Waals surface area contributed by atoms with Crippen LogP contribution in [0.3, 0.4) is 0 Å². The van der Waals surface area contributed by atoms with Gasteiger partial charge in [0.05, 0.1) is 16.4 Å². The highest BCUT2D eigenvalue weighted by atomic mass is 16.1. The van der Waals surface area contributed by atoms with Crippen LogP contribution in [0.1, 0.15) is 37.4 Å². The number of nitrogens with zero attached hydrogens (tertiary/aromatic N) is 1. The summed E-state index contributed by atoms with van der Waals surface area (Å²) in [6, 6.07) is 7.67. The van der Waals surface area contributed by atoms with Crippen molar-refractivity contribution in [3.63, 3.8) is 0 Å². The molecule has 1 aliphatic carbocycles. The van der Waals surface area contributed by atoms with Crippen molar-refractivity contribution < 1.29 is 0 Å². The second kappa shape index (κ2) is 4.97. The third-order valence-electron chi connectivity index (χ3n) is 5.26. The van der Waals surface area contributed by atoms with Gasteiger partial charge in [0, 0.05) is 22.9 Å². The first-order chi connectivity index (χ1) is 11.7. The minimum absolute atomic E-state index is 0.101. The van der Waals surface area contributed by atoms with Crippen molar-refractivity contribution in [3.8, 4) is 0 Å². The summed E-state index contributed by atoms with van der Waals surface area (Å²) in [5.41, 5.74) is 2.44. The van der Waals surface area contributed by atoms with E-state index in [1.54, 1.807) is 6.20 Å². The number of H-pyrrole nitrogens is 2. The van der Waals surface area contributed by atoms with Crippen molar-refractivity contribution in [3.05, 3.63) is 46.6 Å². The number of rotatable bonds is 1. The lowest BCUT2D eigenvalue weighted by Crippen LogP contribution is -2.07. The van der Waals surface area contributed by atoms with Crippen LogP contribution in [-0.2, 0) is 0 Å². The number of nitrogens with one attached hydrogen (secondary N) is 2. The van der Waals surface area contributed by atoms with Gasteiger partial charge in [-0.15, -0.1) is 0 Å². The number of benzene rings is 2. The van der Waals surface area contributed by atoms with E-state index in [1.807, 2.05) is 24.3 Å². The van der Waals surface area contributed by atoms with Gasteiger partial charge in [0.1, 0.15) is 13.7 Å². The van der Waals surface area contributed by atoms with Crippen LogP contribution in [0.5, 0.6) is 0 Å². The van der Waals surface area contributed by atoms with Crippen molar-refractivity contribution in [2.75, 3.05) is 0 Å². The Labute approximate surface area is 139 Å². The molecular weight excluding hydrogens is 297 g/mol. The maximum atomic E-state index is 12.5. The van der Waals surface area contributed by atoms with E-state index >= 15 is 0 Å². The maximum absolute atomic E-state index is 12.5. The molecule has 5 heteroatoms. The van der Waals surface area contributed by atoms with Crippen LogP contribution in [0.2, 0.25) is 0 Å². The fraction of sp³-hybridized carbons (Fsp3) is 0.263. The molecule has 0 aliphatic heterocycles. The molecule has 5 rings (SSSR count). The summed E-state index contributed by atoms with van der Waals surface area (Å²) in [4.78, 5) is 23.7. The van der Waals surface area contributed by atoms with Crippen LogP contribution < -0.4 is 11.0 Å². The molecule has 2 radical (unpaired) electrons. The first-order valence-electron chi connectivity index (χ1n) is 8.44. The molecule has 1 saturated carbocycles. The van der Waals surface area contributed by atoms with Gasteiger partial charge >= 0.3 is 0 Å². The van der Waals surface area contributed by atoms with Crippen LogP contribution in [-0.4, -0.2) is 22.8 Å². The molecule has 0 unspecified atom stereocenters. The van der Waals surface area contributed by atoms with Crippen LogP contribution in [0.15, 0.2) is 35.3 Å². The monoisotopic (exact) mass is 313 g/mol. The van der Waals surface area contributed by atoms with Gasteiger partial charge in [-0.1, -0.05) is 36.5 Å². The Morgan fingerprint density at radius 3 is 2.75 bits per heavy atom. The lowest BCUT2D eigenvalue weighted by Gasteiger charge is -2.06. The van der Waals surface area contributed by atoms with Crippen LogP contribution >= 0.6 is 0 Å². The van der Waals surface area contributed by atoms with E-state index in [-0.39, 0.29) is 5.56 Å². The topological polar surface area (TPSA) is 61.5 Å². The zero-order valence-electron chi connectivity index (χ0n) is 13.2. The molecule has 0 bridgehead atoms. The van der Waals surface area contributed by atoms with Gasteiger partial charge in [0.25, 0.3) is 5.56 Å². The van der Waals surface area contributed by atoms with Crippen molar-refractivity contribution >= 4 is 45.9 Å². The first kappa shape index (κ1) is 13.8. The summed E-state index contributed by atoms with van der Waals surface area (Å²) < 4.78 is 0. The number of fused-ring (bicyclic) bond motifs is 6. The third kappa shape index (κ3) is 1.87. The zero-order valence-corrected chi connectivity index (χ0v) is 13.2. The minimum Gasteiger partial charge on any atom is -0.341 e. The van der Waals surface area contributed by atoms with Gasteiger partial charge < -0.3 is 9.97 Å². The average Bonchev–Trinajstić information content (AvgIpc) is 3.24. The highest BCUT2D eigenvalue weighted by molar-refractivity contribution is 6.35. The van der Waals surface area contributed by atoms with E-state index in [2.05, 4.69) is 9.97 Å². The first-order valence-corrected chi connectivity index (χ1v) is 8.44. The van der Waals surface area contributed by atoms with E-state index in [9.17, 15) is 4.79 Å². The smallest absolute Gasteiger partial charge is 0.256 e. The van der Waals surface area contributed by atoms with Gasteiger partial charge in [-0.25, -0.2) is 4.98 Å². The van der Waals surface area contributed by atoms with Crippen LogP contribution in [0.4, 0.5) is 0 Å². The largest absolute Gasteiger partial charge is 0.341 e. The Bertz CT molecular complexity index is 1150. The van der Waals surface area contributed by atoms with Crippen molar-refractivity contribution in [1.82, 2.24) is 15.0 Å². The molecule has 1 aliphatic rings. The SMILES string of the molecule is [B]c1ccc2c(c1)c1c(=O)[nH]ccc1c1nc(C3CCCC3)[nH]c21. The van der Waals surface area contributed by atoms with E-state index in [0.717, 1.165) is 33.0 Å². The quantitative estimate of drug-likeness (QED) is 0.419. The molecular formula is C19H16BN3O. The Balaban J connectivity index is 1.98. The van der Waals surface area contributed by atoms with Gasteiger partial charge in [-0.05, 0) is 24.3 Å². The Morgan fingerprint density at radius 2 is 1.92 bits per heavy atom. The summed E-state index contributed by atoms with van der Waals surface area (Å²) in [6.45, 7) is 0. The van der Waals surface area contributed by atoms with Gasteiger partial charge in [0.15, 0.2) is 0 Å². The minimum atomic E-state index is -0.101. The normalized spacial score (nSPS) is 15.8. The molecule has 4 nitrogen and oxygen atoms in total. The fourth-order valence-electron chi connectivity index (χ4n) is 4.10. The molecule has 0 spiro atoms. The number of imidazole rings is 1. The summed E-state index contributed by atoms with van der Waals surface area (Å²) in [5, 5.41) is 3.42. The van der Waals surface area contributed by atoms with Crippen molar-refractivity contribution in [1.29, 1.82) is 0 Å². The molecule has 116 valence electrons. The predicted molar refractivity (Wildman–Crippen MR) is 98.3 cm³/mol. The molecule has 2 heterocycles. The number of aromatic amines is 2. The van der Waals surface area contributed by atoms with Gasteiger partial charge in [-0.3, -0.25) is 4.79 Å². The zero-order chi connectivity index (χ0) is 16.3. The van der Waals surface area contributed by atoms with Crippen LogP contribution in [0.25, 0.3) is 32.6 Å². The second-order valence-corrected chi connectivity index (χ2v) is 6.73. The average molecular weight is 313 g/mol. The molecule has 2 aromatic carbocycles. The molecule has 1 fully saturated rings. The second-order valence-electron chi connectivity index (χ2n) is 6.73. The summed E-state index contributed by atoms with van der Waals surface area (Å²) in [7, 11) is 5.98. The molecule has 0 atom stereocenters. The highest BCUT2D eigenvalue weighted by Gasteiger charge is 2.22.